The van der Waals surface area contributed by atoms with Crippen LogP contribution in [0, 0.1) is 12.8 Å². The Morgan fingerprint density at radius 2 is 2.00 bits per heavy atom. The Morgan fingerprint density at radius 1 is 1.26 bits per heavy atom. The summed E-state index contributed by atoms with van der Waals surface area (Å²) in [5, 5.41) is 4.52. The van der Waals surface area contributed by atoms with Crippen LogP contribution in [0.3, 0.4) is 0 Å². The quantitative estimate of drug-likeness (QED) is 0.666. The first-order valence-corrected chi connectivity index (χ1v) is 11.1. The zero-order valence-electron chi connectivity index (χ0n) is 16.0. The lowest BCUT2D eigenvalue weighted by Gasteiger charge is -2.21. The summed E-state index contributed by atoms with van der Waals surface area (Å²) in [7, 11) is -2.10. The van der Waals surface area contributed by atoms with Gasteiger partial charge in [-0.25, -0.2) is 8.42 Å². The molecular weight excluding hydrogens is 384 g/mol. The maximum absolute atomic E-state index is 12.6. The minimum atomic E-state index is -3.71. The van der Waals surface area contributed by atoms with Crippen molar-refractivity contribution in [1.29, 1.82) is 0 Å². The third-order valence-electron chi connectivity index (χ3n) is 4.12. The second-order valence-electron chi connectivity index (χ2n) is 6.63. The minimum Gasteiger partial charge on any atom is -0.496 e. The van der Waals surface area contributed by atoms with Gasteiger partial charge in [-0.1, -0.05) is 37.6 Å². The molecule has 0 saturated carbocycles. The summed E-state index contributed by atoms with van der Waals surface area (Å²) in [6, 6.07) is 8.24. The van der Waals surface area contributed by atoms with Crippen LogP contribution in [0.2, 0.25) is 0 Å². The average Bonchev–Trinajstić information content (AvgIpc) is 3.15. The normalized spacial score (nSPS) is 12.8. The van der Waals surface area contributed by atoms with Crippen LogP contribution in [0.1, 0.15) is 25.0 Å². The first kappa shape index (κ1) is 21.4. The molecule has 148 valence electrons. The lowest BCUT2D eigenvalue weighted by atomic mass is 10.0. The number of rotatable bonds is 9. The third kappa shape index (κ3) is 5.79. The fourth-order valence-electron chi connectivity index (χ4n) is 2.67. The number of hydrogen-bond acceptors (Lipinski definition) is 5. The third-order valence-corrected chi connectivity index (χ3v) is 6.96. The lowest BCUT2D eigenvalue weighted by Crippen LogP contribution is -2.49. The molecule has 0 bridgehead atoms. The van der Waals surface area contributed by atoms with Crippen LogP contribution in [0.25, 0.3) is 0 Å². The lowest BCUT2D eigenvalue weighted by molar-refractivity contribution is -0.123. The highest BCUT2D eigenvalue weighted by Crippen LogP contribution is 2.20. The second-order valence-corrected chi connectivity index (χ2v) is 9.52. The van der Waals surface area contributed by atoms with Crippen molar-refractivity contribution in [3.05, 3.63) is 46.8 Å². The Hall–Kier alpha value is -1.90. The van der Waals surface area contributed by atoms with Gasteiger partial charge in [0.05, 0.1) is 7.11 Å². The molecule has 8 heteroatoms. The molecule has 0 fully saturated rings. The monoisotopic (exact) mass is 410 g/mol. The van der Waals surface area contributed by atoms with Gasteiger partial charge in [-0.05, 0) is 42.3 Å². The molecule has 1 atom stereocenters. The summed E-state index contributed by atoms with van der Waals surface area (Å²) in [5.41, 5.74) is 2.11. The molecule has 0 aliphatic carbocycles. The van der Waals surface area contributed by atoms with Crippen LogP contribution >= 0.6 is 11.3 Å². The van der Waals surface area contributed by atoms with Crippen molar-refractivity contribution in [2.45, 2.75) is 37.4 Å². The number of methoxy groups -OCH3 is 1. The molecule has 1 heterocycles. The fraction of sp³-hybridized carbons (Fsp3) is 0.421. The van der Waals surface area contributed by atoms with E-state index in [1.165, 1.54) is 6.07 Å². The highest BCUT2D eigenvalue weighted by Gasteiger charge is 2.28. The summed E-state index contributed by atoms with van der Waals surface area (Å²) in [4.78, 5) is 12.6. The van der Waals surface area contributed by atoms with E-state index in [-0.39, 0.29) is 16.0 Å². The molecule has 2 aromatic rings. The number of ether oxygens (including phenoxy) is 1. The number of amides is 1. The maximum atomic E-state index is 12.6. The Kier molecular flexibility index (Phi) is 7.41. The van der Waals surface area contributed by atoms with Crippen molar-refractivity contribution in [3.63, 3.8) is 0 Å². The van der Waals surface area contributed by atoms with Crippen molar-refractivity contribution in [2.75, 3.05) is 13.7 Å². The smallest absolute Gasteiger partial charge is 0.250 e. The highest BCUT2D eigenvalue weighted by molar-refractivity contribution is 7.91. The average molecular weight is 411 g/mol. The van der Waals surface area contributed by atoms with Gasteiger partial charge < -0.3 is 10.1 Å². The summed E-state index contributed by atoms with van der Waals surface area (Å²) < 4.78 is 32.9. The van der Waals surface area contributed by atoms with Crippen LogP contribution in [-0.4, -0.2) is 34.0 Å². The molecule has 1 aromatic heterocycles. The molecule has 0 spiro atoms. The van der Waals surface area contributed by atoms with E-state index in [4.69, 9.17) is 4.74 Å². The van der Waals surface area contributed by atoms with Gasteiger partial charge in [0.15, 0.2) is 0 Å². The van der Waals surface area contributed by atoms with Crippen LogP contribution in [0.5, 0.6) is 5.75 Å². The zero-order valence-corrected chi connectivity index (χ0v) is 17.6. The summed E-state index contributed by atoms with van der Waals surface area (Å²) >= 11 is 1.12. The van der Waals surface area contributed by atoms with Crippen LogP contribution in [-0.2, 0) is 21.2 Å². The number of hydrogen-bond donors (Lipinski definition) is 2. The van der Waals surface area contributed by atoms with Gasteiger partial charge >= 0.3 is 0 Å². The number of benzene rings is 1. The molecule has 0 unspecified atom stereocenters. The SMILES string of the molecule is COc1ccc(C)cc1CCNC(=O)[C@@H](NS(=O)(=O)c1cccs1)C(C)C. The Bertz CT molecular complexity index is 862. The number of thiophene rings is 1. The largest absolute Gasteiger partial charge is 0.496 e. The fourth-order valence-corrected chi connectivity index (χ4v) is 5.02. The number of carbonyl (C=O) groups is 1. The van der Waals surface area contributed by atoms with Crippen molar-refractivity contribution >= 4 is 27.3 Å². The molecule has 27 heavy (non-hydrogen) atoms. The first-order valence-electron chi connectivity index (χ1n) is 8.71. The van der Waals surface area contributed by atoms with E-state index in [1.807, 2.05) is 39.0 Å². The van der Waals surface area contributed by atoms with E-state index in [0.29, 0.717) is 13.0 Å². The number of sulfonamides is 1. The van der Waals surface area contributed by atoms with Gasteiger partial charge in [0.2, 0.25) is 5.91 Å². The number of nitrogens with one attached hydrogen (secondary N) is 2. The Balaban J connectivity index is 2.01. The van der Waals surface area contributed by atoms with Gasteiger partial charge in [-0.3, -0.25) is 4.79 Å². The Labute approximate surface area is 165 Å². The van der Waals surface area contributed by atoms with Gasteiger partial charge in [-0.15, -0.1) is 11.3 Å². The molecular formula is C19H26N2O4S2. The van der Waals surface area contributed by atoms with Crippen LogP contribution < -0.4 is 14.8 Å². The summed E-state index contributed by atoms with van der Waals surface area (Å²) in [5.74, 6) is 0.249. The van der Waals surface area contributed by atoms with E-state index in [1.54, 1.807) is 18.6 Å². The van der Waals surface area contributed by atoms with Crippen LogP contribution in [0.4, 0.5) is 0 Å². The molecule has 1 amide bonds. The molecule has 2 N–H and O–H groups in total. The van der Waals surface area contributed by atoms with E-state index in [0.717, 1.165) is 28.2 Å². The van der Waals surface area contributed by atoms with E-state index in [2.05, 4.69) is 10.0 Å². The first-order chi connectivity index (χ1) is 12.7. The predicted octanol–water partition coefficient (Wildman–Crippen LogP) is 2.73. The predicted molar refractivity (Wildman–Crippen MR) is 108 cm³/mol. The van der Waals surface area contributed by atoms with Crippen molar-refractivity contribution < 1.29 is 17.9 Å². The molecule has 1 aromatic carbocycles. The minimum absolute atomic E-state index is 0.187. The van der Waals surface area contributed by atoms with Crippen molar-refractivity contribution in [1.82, 2.24) is 10.0 Å². The Morgan fingerprint density at radius 3 is 2.59 bits per heavy atom. The second kappa shape index (κ2) is 9.34. The van der Waals surface area contributed by atoms with Gasteiger partial charge in [0.1, 0.15) is 16.0 Å². The van der Waals surface area contributed by atoms with Gasteiger partial charge in [0, 0.05) is 6.54 Å². The number of aryl methyl sites for hydroxylation is 1. The molecule has 0 saturated heterocycles. The molecule has 0 radical (unpaired) electrons. The topological polar surface area (TPSA) is 84.5 Å². The molecule has 2 rings (SSSR count). The van der Waals surface area contributed by atoms with Gasteiger partial charge in [0.25, 0.3) is 10.0 Å². The standard InChI is InChI=1S/C19H26N2O4S2/c1-13(2)18(21-27(23,24)17-6-5-11-26-17)19(22)20-10-9-15-12-14(3)7-8-16(15)25-4/h5-8,11-13,18,21H,9-10H2,1-4H3,(H,20,22)/t18-/m0/s1. The van der Waals surface area contributed by atoms with Gasteiger partial charge in [-0.2, -0.15) is 4.72 Å². The zero-order chi connectivity index (χ0) is 20.0. The van der Waals surface area contributed by atoms with E-state index in [9.17, 15) is 13.2 Å². The molecule has 6 nitrogen and oxygen atoms in total. The maximum Gasteiger partial charge on any atom is 0.250 e. The molecule has 0 aliphatic heterocycles. The van der Waals surface area contributed by atoms with Crippen molar-refractivity contribution in [2.24, 2.45) is 5.92 Å². The molecule has 0 aliphatic rings. The van der Waals surface area contributed by atoms with E-state index < -0.39 is 16.1 Å². The highest BCUT2D eigenvalue weighted by atomic mass is 32.2. The van der Waals surface area contributed by atoms with E-state index >= 15 is 0 Å². The number of carbonyl (C=O) groups excluding carboxylic acids is 1. The summed E-state index contributed by atoms with van der Waals surface area (Å²) in [6.45, 7) is 6.01. The van der Waals surface area contributed by atoms with Crippen molar-refractivity contribution in [3.8, 4) is 5.75 Å². The summed E-state index contributed by atoms with van der Waals surface area (Å²) in [6.07, 6.45) is 0.596. The van der Waals surface area contributed by atoms with Crippen LogP contribution in [0.15, 0.2) is 39.9 Å².